The molecule has 1 aliphatic heterocycles. The fourth-order valence-electron chi connectivity index (χ4n) is 3.37. The van der Waals surface area contributed by atoms with Crippen LogP contribution in [0.5, 0.6) is 0 Å². The van der Waals surface area contributed by atoms with E-state index in [-0.39, 0.29) is 11.6 Å². The number of pyridine rings is 1. The van der Waals surface area contributed by atoms with Gasteiger partial charge in [0, 0.05) is 18.1 Å². The molecule has 132 valence electrons. The second-order valence-corrected chi connectivity index (χ2v) is 6.31. The van der Waals surface area contributed by atoms with Gasteiger partial charge in [-0.25, -0.2) is 9.48 Å². The van der Waals surface area contributed by atoms with Crippen LogP contribution in [0.15, 0.2) is 36.5 Å². The zero-order valence-electron chi connectivity index (χ0n) is 14.2. The van der Waals surface area contributed by atoms with Gasteiger partial charge in [-0.05, 0) is 44.0 Å². The zero-order valence-corrected chi connectivity index (χ0v) is 14.2. The molecular formula is C18H17N5O3. The Labute approximate surface area is 149 Å². The van der Waals surface area contributed by atoms with E-state index >= 15 is 0 Å². The maximum Gasteiger partial charge on any atom is 0.326 e. The van der Waals surface area contributed by atoms with Gasteiger partial charge in [-0.2, -0.15) is 0 Å². The molecule has 0 radical (unpaired) electrons. The number of benzene rings is 1. The summed E-state index contributed by atoms with van der Waals surface area (Å²) in [5, 5.41) is 18.4. The molecule has 0 unspecified atom stereocenters. The first kappa shape index (κ1) is 16.2. The predicted octanol–water partition coefficient (Wildman–Crippen LogP) is 1.81. The number of aliphatic carboxylic acids is 1. The average Bonchev–Trinajstić information content (AvgIpc) is 3.28. The molecule has 8 nitrogen and oxygen atoms in total. The molecule has 0 aliphatic carbocycles. The molecule has 0 spiro atoms. The Balaban J connectivity index is 1.69. The fourth-order valence-corrected chi connectivity index (χ4v) is 3.37. The number of carbonyl (C=O) groups excluding carboxylic acids is 1. The van der Waals surface area contributed by atoms with Gasteiger partial charge in [0.2, 0.25) is 0 Å². The van der Waals surface area contributed by atoms with E-state index in [1.165, 1.54) is 4.90 Å². The molecule has 1 amide bonds. The van der Waals surface area contributed by atoms with Crippen LogP contribution >= 0.6 is 0 Å². The van der Waals surface area contributed by atoms with Gasteiger partial charge in [0.15, 0.2) is 5.69 Å². The molecule has 3 aromatic rings. The lowest BCUT2D eigenvalue weighted by Crippen LogP contribution is -2.40. The third-order valence-corrected chi connectivity index (χ3v) is 4.73. The Bertz CT molecular complexity index is 1010. The van der Waals surface area contributed by atoms with Gasteiger partial charge in [-0.1, -0.05) is 11.3 Å². The molecule has 2 aromatic heterocycles. The van der Waals surface area contributed by atoms with E-state index in [2.05, 4.69) is 15.3 Å². The molecule has 1 N–H and O–H groups in total. The predicted molar refractivity (Wildman–Crippen MR) is 93.1 cm³/mol. The second-order valence-electron chi connectivity index (χ2n) is 6.31. The number of aromatic nitrogens is 4. The Morgan fingerprint density at radius 2 is 2.12 bits per heavy atom. The molecule has 1 fully saturated rings. The molecule has 0 saturated carbocycles. The van der Waals surface area contributed by atoms with Gasteiger partial charge in [0.05, 0.1) is 16.9 Å². The molecule has 1 saturated heterocycles. The summed E-state index contributed by atoms with van der Waals surface area (Å²) in [5.74, 6) is -1.37. The van der Waals surface area contributed by atoms with Crippen molar-refractivity contribution in [2.45, 2.75) is 25.8 Å². The van der Waals surface area contributed by atoms with E-state index in [1.54, 1.807) is 17.8 Å². The van der Waals surface area contributed by atoms with E-state index in [4.69, 9.17) is 0 Å². The average molecular weight is 351 g/mol. The van der Waals surface area contributed by atoms with Crippen molar-refractivity contribution in [1.29, 1.82) is 0 Å². The first-order valence-corrected chi connectivity index (χ1v) is 8.37. The van der Waals surface area contributed by atoms with Crippen LogP contribution < -0.4 is 0 Å². The van der Waals surface area contributed by atoms with Crippen molar-refractivity contribution in [2.75, 3.05) is 6.54 Å². The molecule has 3 heterocycles. The molecule has 0 bridgehead atoms. The summed E-state index contributed by atoms with van der Waals surface area (Å²) < 4.78 is 1.59. The van der Waals surface area contributed by atoms with E-state index in [0.717, 1.165) is 16.6 Å². The van der Waals surface area contributed by atoms with Crippen LogP contribution in [0.25, 0.3) is 16.6 Å². The van der Waals surface area contributed by atoms with Crippen molar-refractivity contribution < 1.29 is 14.7 Å². The minimum atomic E-state index is -0.983. The number of nitrogens with zero attached hydrogens (tertiary/aromatic N) is 5. The van der Waals surface area contributed by atoms with Crippen molar-refractivity contribution in [1.82, 2.24) is 24.9 Å². The standard InChI is InChI=1S/C18H17N5O3/c1-11-16(17(24)22-9-3-5-15(22)18(25)26)20-21-23(11)13-6-7-14-12(10-13)4-2-8-19-14/h2,4,6-8,10,15H,3,5,9H2,1H3,(H,25,26)/t15-/m0/s1. The summed E-state index contributed by atoms with van der Waals surface area (Å²) in [4.78, 5) is 29.8. The summed E-state index contributed by atoms with van der Waals surface area (Å²) in [6.07, 6.45) is 2.87. The third kappa shape index (κ3) is 2.59. The van der Waals surface area contributed by atoms with Gasteiger partial charge in [-0.15, -0.1) is 5.10 Å². The lowest BCUT2D eigenvalue weighted by molar-refractivity contribution is -0.141. The number of hydrogen-bond acceptors (Lipinski definition) is 5. The number of carbonyl (C=O) groups is 2. The Morgan fingerprint density at radius 3 is 2.92 bits per heavy atom. The van der Waals surface area contributed by atoms with Crippen molar-refractivity contribution in [2.24, 2.45) is 0 Å². The molecule has 1 aliphatic rings. The lowest BCUT2D eigenvalue weighted by atomic mass is 10.2. The number of rotatable bonds is 3. The monoisotopic (exact) mass is 351 g/mol. The molecule has 26 heavy (non-hydrogen) atoms. The Morgan fingerprint density at radius 1 is 1.27 bits per heavy atom. The molecule has 1 aromatic carbocycles. The van der Waals surface area contributed by atoms with Crippen LogP contribution in [0.4, 0.5) is 0 Å². The van der Waals surface area contributed by atoms with Gasteiger partial charge in [-0.3, -0.25) is 9.78 Å². The van der Waals surface area contributed by atoms with Crippen LogP contribution in [0.2, 0.25) is 0 Å². The van der Waals surface area contributed by atoms with Crippen LogP contribution in [-0.4, -0.2) is 54.4 Å². The van der Waals surface area contributed by atoms with Crippen molar-refractivity contribution in [3.8, 4) is 5.69 Å². The van der Waals surface area contributed by atoms with E-state index in [9.17, 15) is 14.7 Å². The normalized spacial score (nSPS) is 17.0. The van der Waals surface area contributed by atoms with E-state index in [1.807, 2.05) is 30.3 Å². The Kier molecular flexibility index (Phi) is 3.87. The van der Waals surface area contributed by atoms with Gasteiger partial charge in [0.25, 0.3) is 5.91 Å². The molecule has 8 heteroatoms. The van der Waals surface area contributed by atoms with Crippen LogP contribution in [-0.2, 0) is 4.79 Å². The largest absolute Gasteiger partial charge is 0.480 e. The number of carboxylic acid groups (broad SMARTS) is 1. The topological polar surface area (TPSA) is 101 Å². The summed E-state index contributed by atoms with van der Waals surface area (Å²) in [6.45, 7) is 2.18. The first-order chi connectivity index (χ1) is 12.6. The summed E-state index contributed by atoms with van der Waals surface area (Å²) in [7, 11) is 0. The summed E-state index contributed by atoms with van der Waals surface area (Å²) in [5.41, 5.74) is 2.40. The SMILES string of the molecule is Cc1c(C(=O)N2CCC[C@H]2C(=O)O)nnn1-c1ccc2ncccc2c1. The quantitative estimate of drug-likeness (QED) is 0.772. The maximum absolute atomic E-state index is 12.8. The number of amides is 1. The first-order valence-electron chi connectivity index (χ1n) is 8.37. The maximum atomic E-state index is 12.8. The number of likely N-dealkylation sites (tertiary alicyclic amines) is 1. The number of hydrogen-bond donors (Lipinski definition) is 1. The smallest absolute Gasteiger partial charge is 0.326 e. The summed E-state index contributed by atoms with van der Waals surface area (Å²) >= 11 is 0. The van der Waals surface area contributed by atoms with Crippen molar-refractivity contribution in [3.05, 3.63) is 47.9 Å². The third-order valence-electron chi connectivity index (χ3n) is 4.73. The summed E-state index contributed by atoms with van der Waals surface area (Å²) in [6, 6.07) is 8.68. The highest BCUT2D eigenvalue weighted by atomic mass is 16.4. The fraction of sp³-hybridized carbons (Fsp3) is 0.278. The number of fused-ring (bicyclic) bond motifs is 1. The van der Waals surface area contributed by atoms with Gasteiger partial charge >= 0.3 is 5.97 Å². The Hall–Kier alpha value is -3.29. The lowest BCUT2D eigenvalue weighted by Gasteiger charge is -2.20. The van der Waals surface area contributed by atoms with Crippen LogP contribution in [0.3, 0.4) is 0 Å². The second kappa shape index (κ2) is 6.21. The highest BCUT2D eigenvalue weighted by Gasteiger charge is 2.36. The zero-order chi connectivity index (χ0) is 18.3. The molecule has 1 atom stereocenters. The van der Waals surface area contributed by atoms with Crippen molar-refractivity contribution in [3.63, 3.8) is 0 Å². The van der Waals surface area contributed by atoms with E-state index in [0.29, 0.717) is 25.1 Å². The van der Waals surface area contributed by atoms with Gasteiger partial charge < -0.3 is 10.0 Å². The number of carboxylic acids is 1. The minimum absolute atomic E-state index is 0.185. The van der Waals surface area contributed by atoms with Crippen LogP contribution in [0.1, 0.15) is 29.0 Å². The van der Waals surface area contributed by atoms with Crippen LogP contribution in [0, 0.1) is 6.92 Å². The van der Waals surface area contributed by atoms with Gasteiger partial charge in [0.1, 0.15) is 6.04 Å². The minimum Gasteiger partial charge on any atom is -0.480 e. The van der Waals surface area contributed by atoms with Crippen molar-refractivity contribution >= 4 is 22.8 Å². The highest BCUT2D eigenvalue weighted by molar-refractivity contribution is 5.96. The van der Waals surface area contributed by atoms with E-state index < -0.39 is 12.0 Å². The highest BCUT2D eigenvalue weighted by Crippen LogP contribution is 2.22. The molecular weight excluding hydrogens is 334 g/mol. The molecule has 4 rings (SSSR count).